The molecule has 0 bridgehead atoms. The maximum Gasteiger partial charge on any atom is 0.172 e. The molecule has 0 aromatic heterocycles. The second kappa shape index (κ2) is 14.8. The molecular weight excluding hydrogens is 836 g/mol. The molecule has 298 valence electrons. The highest BCUT2D eigenvalue weighted by molar-refractivity contribution is 7.88. The molecule has 0 aliphatic carbocycles. The predicted octanol–water partition coefficient (Wildman–Crippen LogP) is 8.21. The van der Waals surface area contributed by atoms with Crippen molar-refractivity contribution in [2.75, 3.05) is 0 Å². The summed E-state index contributed by atoms with van der Waals surface area (Å²) in [4.78, 5) is 0. The second-order valence-electron chi connectivity index (χ2n) is 15.7. The zero-order valence-electron chi connectivity index (χ0n) is 33.4. The van der Waals surface area contributed by atoms with E-state index in [1.54, 1.807) is 0 Å². The van der Waals surface area contributed by atoms with E-state index in [0.29, 0.717) is 63.7 Å². The highest BCUT2D eigenvalue weighted by Gasteiger charge is 2.47. The molecule has 9 aromatic rings. The quantitative estimate of drug-likeness (QED) is 0.145. The van der Waals surface area contributed by atoms with Crippen LogP contribution in [0.2, 0.25) is 0 Å². The van der Waals surface area contributed by atoms with Crippen LogP contribution in [0.15, 0.2) is 231 Å². The lowest BCUT2D eigenvalue weighted by molar-refractivity contribution is 0.591. The van der Waals surface area contributed by atoms with E-state index < -0.39 is 28.6 Å². The molecule has 0 saturated heterocycles. The molecule has 2 aliphatic rings. The van der Waals surface area contributed by atoms with Crippen LogP contribution in [0.1, 0.15) is 0 Å². The van der Waals surface area contributed by atoms with Gasteiger partial charge in [-0.05, 0) is 58.7 Å². The summed E-state index contributed by atoms with van der Waals surface area (Å²) in [5, 5.41) is 7.93. The molecule has 2 atom stereocenters. The summed E-state index contributed by atoms with van der Waals surface area (Å²) in [5.74, 6) is 0. The Morgan fingerprint density at radius 2 is 0.532 bits per heavy atom. The molecule has 2 aliphatic heterocycles. The topological polar surface area (TPSA) is 68.3 Å². The van der Waals surface area contributed by atoms with Crippen LogP contribution in [-0.2, 0) is 18.3 Å². The Morgan fingerprint density at radius 1 is 0.258 bits per heavy atom. The Morgan fingerprint density at radius 3 is 0.839 bits per heavy atom. The van der Waals surface area contributed by atoms with Gasteiger partial charge in [0.15, 0.2) is 28.6 Å². The van der Waals surface area contributed by atoms with Crippen molar-refractivity contribution >= 4 is 92.2 Å². The predicted molar refractivity (Wildman–Crippen MR) is 262 cm³/mol. The Hall–Kier alpha value is -6.10. The van der Waals surface area contributed by atoms with Gasteiger partial charge < -0.3 is 18.3 Å². The molecule has 62 heavy (non-hydrogen) atoms. The van der Waals surface area contributed by atoms with Gasteiger partial charge in [-0.25, -0.2) is 0 Å². The fourth-order valence-corrected chi connectivity index (χ4v) is 21.0. The normalized spacial score (nSPS) is 17.4. The molecule has 9 aromatic carbocycles. The number of benzene rings is 9. The van der Waals surface area contributed by atoms with Crippen LogP contribution in [0.4, 0.5) is 0 Å². The summed E-state index contributed by atoms with van der Waals surface area (Å²) in [6.45, 7) is 0. The van der Waals surface area contributed by atoms with E-state index in [4.69, 9.17) is 0 Å². The van der Waals surface area contributed by atoms with Crippen molar-refractivity contribution in [3.63, 3.8) is 0 Å². The molecule has 0 amide bonds. The van der Waals surface area contributed by atoms with Crippen LogP contribution in [-0.4, -0.2) is 0 Å². The highest BCUT2D eigenvalue weighted by Crippen LogP contribution is 2.58. The van der Waals surface area contributed by atoms with Crippen molar-refractivity contribution in [1.82, 2.24) is 0 Å². The number of fused-ring (bicyclic) bond motifs is 6. The van der Waals surface area contributed by atoms with E-state index in [-0.39, 0.29) is 0 Å². The van der Waals surface area contributed by atoms with Crippen LogP contribution in [0.3, 0.4) is 0 Å². The van der Waals surface area contributed by atoms with Gasteiger partial charge in [-0.1, -0.05) is 194 Å². The zero-order chi connectivity index (χ0) is 42.1. The smallest absolute Gasteiger partial charge is 0.172 e. The monoisotopic (exact) mass is 874 g/mol. The van der Waals surface area contributed by atoms with Gasteiger partial charge >= 0.3 is 0 Å². The third-order valence-electron chi connectivity index (χ3n) is 12.5. The van der Waals surface area contributed by atoms with E-state index in [9.17, 15) is 0 Å². The molecule has 0 fully saturated rings. The summed E-state index contributed by atoms with van der Waals surface area (Å²) in [5.41, 5.74) is 2.95. The molecule has 0 radical (unpaired) electrons. The van der Waals surface area contributed by atoms with Gasteiger partial charge in [-0.3, -0.25) is 0 Å². The Labute approximate surface area is 361 Å². The maximum atomic E-state index is 16.3. The summed E-state index contributed by atoms with van der Waals surface area (Å²) in [6.07, 6.45) is 0. The average molecular weight is 875 g/mol. The fourth-order valence-electron chi connectivity index (χ4n) is 9.49. The minimum absolute atomic E-state index is 0.604. The maximum absolute atomic E-state index is 16.3. The molecule has 0 spiro atoms. The molecule has 4 nitrogen and oxygen atoms in total. The number of rotatable bonds is 8. The van der Waals surface area contributed by atoms with Crippen LogP contribution >= 0.6 is 28.6 Å². The molecular formula is C54H38O4P4. The average Bonchev–Trinajstić information content (AvgIpc) is 3.76. The van der Waals surface area contributed by atoms with Crippen molar-refractivity contribution in [2.45, 2.75) is 0 Å². The lowest BCUT2D eigenvalue weighted by atomic mass is 9.99. The van der Waals surface area contributed by atoms with Gasteiger partial charge in [0, 0.05) is 63.7 Å². The first kappa shape index (κ1) is 38.8. The first-order valence-electron chi connectivity index (χ1n) is 20.5. The minimum atomic E-state index is -3.57. The van der Waals surface area contributed by atoms with Crippen molar-refractivity contribution in [1.29, 1.82) is 0 Å². The van der Waals surface area contributed by atoms with Crippen LogP contribution in [0.5, 0.6) is 0 Å². The highest BCUT2D eigenvalue weighted by atomic mass is 31.2. The van der Waals surface area contributed by atoms with Crippen LogP contribution in [0.25, 0.3) is 22.3 Å². The van der Waals surface area contributed by atoms with Crippen molar-refractivity contribution in [3.05, 3.63) is 231 Å². The first-order chi connectivity index (χ1) is 30.3. The van der Waals surface area contributed by atoms with Gasteiger partial charge in [-0.15, -0.1) is 0 Å². The third-order valence-corrected chi connectivity index (χ3v) is 24.9. The first-order valence-corrected chi connectivity index (χ1v) is 27.3. The summed E-state index contributed by atoms with van der Waals surface area (Å²) in [6, 6.07) is 72.8. The van der Waals surface area contributed by atoms with Gasteiger partial charge in [0.2, 0.25) is 0 Å². The summed E-state index contributed by atoms with van der Waals surface area (Å²) >= 11 is 0. The van der Waals surface area contributed by atoms with E-state index in [1.807, 2.05) is 231 Å². The summed E-state index contributed by atoms with van der Waals surface area (Å²) in [7, 11) is -14.0. The zero-order valence-corrected chi connectivity index (χ0v) is 36.9. The van der Waals surface area contributed by atoms with Gasteiger partial charge in [-0.2, -0.15) is 0 Å². The molecule has 8 heteroatoms. The van der Waals surface area contributed by atoms with Gasteiger partial charge in [0.25, 0.3) is 0 Å². The minimum Gasteiger partial charge on any atom is -0.309 e. The van der Waals surface area contributed by atoms with Crippen LogP contribution in [0, 0.1) is 0 Å². The second-order valence-corrected chi connectivity index (χ2v) is 26.7. The fraction of sp³-hybridized carbons (Fsp3) is 0. The third kappa shape index (κ3) is 5.61. The molecule has 11 rings (SSSR count). The van der Waals surface area contributed by atoms with Crippen molar-refractivity contribution in [3.8, 4) is 22.3 Å². The Balaban J connectivity index is 1.21. The van der Waals surface area contributed by atoms with E-state index in [2.05, 4.69) is 0 Å². The lowest BCUT2D eigenvalue weighted by Gasteiger charge is -2.22. The molecule has 0 N–H and O–H groups in total. The Kier molecular flexibility index (Phi) is 9.25. The van der Waals surface area contributed by atoms with E-state index >= 15 is 18.3 Å². The largest absolute Gasteiger partial charge is 0.309 e. The Bertz CT molecular complexity index is 3080. The molecule has 2 unspecified atom stereocenters. The van der Waals surface area contributed by atoms with E-state index in [1.165, 1.54) is 0 Å². The van der Waals surface area contributed by atoms with Crippen molar-refractivity contribution < 1.29 is 18.3 Å². The molecule has 2 heterocycles. The van der Waals surface area contributed by atoms with Crippen molar-refractivity contribution in [2.24, 2.45) is 0 Å². The van der Waals surface area contributed by atoms with Gasteiger partial charge in [0.05, 0.1) is 0 Å². The standard InChI is InChI=1S/C54H38O4P4/c55-59(39-19-7-1-8-20-39,40-21-9-2-10-22-40)45-31-33-51-47(35-45)49-37-50-48-36-46(60(56,41-23-11-3-12-24-41)42-25-13-4-14-26-42)32-34-52(48)62(58,44-29-17-6-18-30-44)54(50)38-53(49)61(51,57)43-27-15-5-16-28-43/h1-38H. The lowest BCUT2D eigenvalue weighted by Crippen LogP contribution is -2.27. The SMILES string of the molecule is O=P(c1ccccc1)(c1ccccc1)c1ccc2c(c1)-c1cc3c(cc1P2(=O)c1ccccc1)P(=O)(c1ccccc1)c1ccc(P(=O)(c2ccccc2)c2ccccc2)cc1-3. The number of hydrogen-bond acceptors (Lipinski definition) is 4. The van der Waals surface area contributed by atoms with Crippen LogP contribution < -0.4 is 63.7 Å². The molecule has 0 saturated carbocycles. The number of hydrogen-bond donors (Lipinski definition) is 0. The summed E-state index contributed by atoms with van der Waals surface area (Å²) < 4.78 is 64.1. The van der Waals surface area contributed by atoms with Gasteiger partial charge in [0.1, 0.15) is 0 Å². The van der Waals surface area contributed by atoms with E-state index in [0.717, 1.165) is 22.3 Å².